The Morgan fingerprint density at radius 1 is 1.29 bits per heavy atom. The van der Waals surface area contributed by atoms with Gasteiger partial charge in [0.2, 0.25) is 0 Å². The summed E-state index contributed by atoms with van der Waals surface area (Å²) in [5.74, 6) is 0. The normalized spacial score (nSPS) is 16.5. The van der Waals surface area contributed by atoms with E-state index in [1.807, 2.05) is 24.3 Å². The Bertz CT molecular complexity index is 590. The van der Waals surface area contributed by atoms with E-state index in [9.17, 15) is 5.26 Å². The number of hydrogen-bond acceptors (Lipinski definition) is 3. The van der Waals surface area contributed by atoms with Crippen LogP contribution in [0.3, 0.4) is 0 Å². The van der Waals surface area contributed by atoms with E-state index in [0.717, 1.165) is 24.1 Å². The van der Waals surface area contributed by atoms with Crippen molar-refractivity contribution in [3.8, 4) is 17.3 Å². The maximum atomic E-state index is 9.18. The monoisotopic (exact) mass is 244 g/mol. The highest BCUT2D eigenvalue weighted by molar-refractivity contribution is 6.30. The molecule has 1 aliphatic carbocycles. The lowest BCUT2D eigenvalue weighted by Crippen LogP contribution is -2.17. The smallest absolute Gasteiger partial charge is 0.151 e. The fourth-order valence-corrected chi connectivity index (χ4v) is 1.98. The van der Waals surface area contributed by atoms with Crippen LogP contribution in [0.4, 0.5) is 0 Å². The summed E-state index contributed by atoms with van der Waals surface area (Å²) in [7, 11) is 0. The molecule has 0 aliphatic heterocycles. The van der Waals surface area contributed by atoms with Gasteiger partial charge in [-0.05, 0) is 25.0 Å². The van der Waals surface area contributed by atoms with Crippen LogP contribution in [0.2, 0.25) is 5.02 Å². The van der Waals surface area contributed by atoms with E-state index in [1.54, 1.807) is 10.9 Å². The Kier molecular flexibility index (Phi) is 2.17. The molecule has 2 aromatic rings. The molecule has 0 spiro atoms. The molecule has 1 saturated carbocycles. The van der Waals surface area contributed by atoms with Crippen molar-refractivity contribution in [2.75, 3.05) is 0 Å². The highest BCUT2D eigenvalue weighted by Gasteiger charge is 2.47. The zero-order valence-corrected chi connectivity index (χ0v) is 9.72. The van der Waals surface area contributed by atoms with Gasteiger partial charge >= 0.3 is 0 Å². The number of rotatable bonds is 2. The van der Waals surface area contributed by atoms with Crippen LogP contribution in [0.5, 0.6) is 0 Å². The summed E-state index contributed by atoms with van der Waals surface area (Å²) in [4.78, 5) is 0. The fourth-order valence-electron chi connectivity index (χ4n) is 1.86. The number of aromatic nitrogens is 3. The third-order valence-corrected chi connectivity index (χ3v) is 3.28. The zero-order valence-electron chi connectivity index (χ0n) is 8.97. The quantitative estimate of drug-likeness (QED) is 0.816. The van der Waals surface area contributed by atoms with Crippen molar-refractivity contribution in [2.45, 2.75) is 18.4 Å². The second-order valence-electron chi connectivity index (χ2n) is 4.18. The molecule has 0 bridgehead atoms. The molecule has 0 saturated heterocycles. The minimum atomic E-state index is -0.481. The molecule has 0 atom stereocenters. The Labute approximate surface area is 103 Å². The van der Waals surface area contributed by atoms with E-state index in [4.69, 9.17) is 11.6 Å². The van der Waals surface area contributed by atoms with Crippen LogP contribution in [0, 0.1) is 11.3 Å². The summed E-state index contributed by atoms with van der Waals surface area (Å²) in [6, 6.07) is 9.77. The molecule has 0 N–H and O–H groups in total. The zero-order chi connectivity index (χ0) is 11.9. The third kappa shape index (κ3) is 1.60. The maximum absolute atomic E-state index is 9.18. The van der Waals surface area contributed by atoms with Crippen LogP contribution in [0.15, 0.2) is 30.5 Å². The fraction of sp³-hybridized carbons (Fsp3) is 0.250. The number of nitrogens with zero attached hydrogens (tertiary/aromatic N) is 4. The Morgan fingerprint density at radius 3 is 2.59 bits per heavy atom. The average Bonchev–Trinajstić information content (AvgIpc) is 3.00. The van der Waals surface area contributed by atoms with E-state index in [2.05, 4.69) is 16.4 Å². The predicted octanol–water partition coefficient (Wildman–Crippen LogP) is 2.61. The van der Waals surface area contributed by atoms with Crippen molar-refractivity contribution < 1.29 is 0 Å². The SMILES string of the molecule is N#CC1(n2nncc2-c2ccc(Cl)cc2)CC1. The van der Waals surface area contributed by atoms with Gasteiger partial charge in [-0.15, -0.1) is 5.10 Å². The number of halogens is 1. The topological polar surface area (TPSA) is 54.5 Å². The lowest BCUT2D eigenvalue weighted by atomic mass is 10.1. The van der Waals surface area contributed by atoms with Gasteiger partial charge < -0.3 is 0 Å². The van der Waals surface area contributed by atoms with Gasteiger partial charge in [0.05, 0.1) is 18.0 Å². The predicted molar refractivity (Wildman–Crippen MR) is 63.3 cm³/mol. The molecule has 0 radical (unpaired) electrons. The molecule has 4 nitrogen and oxygen atoms in total. The minimum Gasteiger partial charge on any atom is -0.224 e. The molecule has 1 aromatic heterocycles. The van der Waals surface area contributed by atoms with Crippen LogP contribution >= 0.6 is 11.6 Å². The lowest BCUT2D eigenvalue weighted by Gasteiger charge is -2.10. The molecule has 0 amide bonds. The van der Waals surface area contributed by atoms with Crippen molar-refractivity contribution in [1.82, 2.24) is 15.0 Å². The Morgan fingerprint density at radius 2 is 2.00 bits per heavy atom. The van der Waals surface area contributed by atoms with Crippen molar-refractivity contribution in [3.05, 3.63) is 35.5 Å². The minimum absolute atomic E-state index is 0.481. The summed E-state index contributed by atoms with van der Waals surface area (Å²) in [6.45, 7) is 0. The molecule has 1 fully saturated rings. The molecular formula is C12H9ClN4. The van der Waals surface area contributed by atoms with Crippen molar-refractivity contribution in [1.29, 1.82) is 5.26 Å². The maximum Gasteiger partial charge on any atom is 0.151 e. The highest BCUT2D eigenvalue weighted by Crippen LogP contribution is 2.44. The van der Waals surface area contributed by atoms with Crippen LogP contribution in [0.1, 0.15) is 12.8 Å². The molecular weight excluding hydrogens is 236 g/mol. The van der Waals surface area contributed by atoms with Gasteiger partial charge in [0.1, 0.15) is 0 Å². The number of nitriles is 1. The van der Waals surface area contributed by atoms with E-state index < -0.39 is 5.54 Å². The summed E-state index contributed by atoms with van der Waals surface area (Å²) in [6.07, 6.45) is 3.36. The van der Waals surface area contributed by atoms with Gasteiger partial charge in [-0.1, -0.05) is 28.9 Å². The second-order valence-corrected chi connectivity index (χ2v) is 4.62. The summed E-state index contributed by atoms with van der Waals surface area (Å²) < 4.78 is 1.72. The van der Waals surface area contributed by atoms with Gasteiger partial charge in [0, 0.05) is 10.6 Å². The van der Waals surface area contributed by atoms with E-state index >= 15 is 0 Å². The molecule has 5 heteroatoms. The molecule has 1 heterocycles. The summed E-state index contributed by atoms with van der Waals surface area (Å²) in [5, 5.41) is 17.8. The molecule has 17 heavy (non-hydrogen) atoms. The first-order valence-electron chi connectivity index (χ1n) is 5.34. The van der Waals surface area contributed by atoms with Crippen molar-refractivity contribution in [2.24, 2.45) is 0 Å². The van der Waals surface area contributed by atoms with Gasteiger partial charge in [0.15, 0.2) is 5.54 Å². The van der Waals surface area contributed by atoms with Gasteiger partial charge in [-0.3, -0.25) is 0 Å². The molecule has 3 rings (SSSR count). The van der Waals surface area contributed by atoms with E-state index in [1.165, 1.54) is 0 Å². The number of hydrogen-bond donors (Lipinski definition) is 0. The largest absolute Gasteiger partial charge is 0.224 e. The molecule has 84 valence electrons. The van der Waals surface area contributed by atoms with Crippen LogP contribution in [-0.2, 0) is 5.54 Å². The van der Waals surface area contributed by atoms with E-state index in [-0.39, 0.29) is 0 Å². The highest BCUT2D eigenvalue weighted by atomic mass is 35.5. The first-order valence-corrected chi connectivity index (χ1v) is 5.71. The van der Waals surface area contributed by atoms with Crippen LogP contribution in [-0.4, -0.2) is 15.0 Å². The molecule has 1 aliphatic rings. The number of benzene rings is 1. The van der Waals surface area contributed by atoms with Crippen molar-refractivity contribution in [3.63, 3.8) is 0 Å². The molecule has 0 unspecified atom stereocenters. The lowest BCUT2D eigenvalue weighted by molar-refractivity contribution is 0.522. The van der Waals surface area contributed by atoms with Crippen LogP contribution in [0.25, 0.3) is 11.3 Å². The summed E-state index contributed by atoms with van der Waals surface area (Å²) in [5.41, 5.74) is 1.35. The Hall–Kier alpha value is -1.86. The average molecular weight is 245 g/mol. The van der Waals surface area contributed by atoms with Crippen molar-refractivity contribution >= 4 is 11.6 Å². The van der Waals surface area contributed by atoms with E-state index in [0.29, 0.717) is 5.02 Å². The third-order valence-electron chi connectivity index (χ3n) is 3.03. The van der Waals surface area contributed by atoms with Crippen LogP contribution < -0.4 is 0 Å². The Balaban J connectivity index is 2.08. The van der Waals surface area contributed by atoms with Gasteiger partial charge in [-0.25, -0.2) is 4.68 Å². The molecule has 1 aromatic carbocycles. The summed E-state index contributed by atoms with van der Waals surface area (Å²) >= 11 is 5.85. The standard InChI is InChI=1S/C12H9ClN4/c13-10-3-1-9(2-4-10)11-7-15-16-17(11)12(8-14)5-6-12/h1-4,7H,5-6H2. The first kappa shape index (κ1) is 10.3. The first-order chi connectivity index (χ1) is 8.25. The van der Waals surface area contributed by atoms with Gasteiger partial charge in [0.25, 0.3) is 0 Å². The van der Waals surface area contributed by atoms with Gasteiger partial charge in [-0.2, -0.15) is 5.26 Å². The second kappa shape index (κ2) is 3.57.